The number of likely N-dealkylation sites (N-methyl/N-ethyl adjacent to an activating group) is 1. The SMILES string of the molecule is CC1CCCC(OC(=O)c2cccc(S(=O)(=O)N3CCN(C)CC3)c2)C1. The van der Waals surface area contributed by atoms with Gasteiger partial charge in [-0.3, -0.25) is 0 Å². The maximum absolute atomic E-state index is 12.9. The van der Waals surface area contributed by atoms with Crippen LogP contribution in [-0.2, 0) is 14.8 Å². The summed E-state index contributed by atoms with van der Waals surface area (Å²) >= 11 is 0. The van der Waals surface area contributed by atoms with Crippen LogP contribution in [0.2, 0.25) is 0 Å². The monoisotopic (exact) mass is 380 g/mol. The zero-order valence-electron chi connectivity index (χ0n) is 15.6. The van der Waals surface area contributed by atoms with E-state index in [0.29, 0.717) is 37.7 Å². The molecular formula is C19H28N2O4S. The van der Waals surface area contributed by atoms with E-state index in [1.54, 1.807) is 18.2 Å². The first kappa shape index (κ1) is 19.3. The minimum absolute atomic E-state index is 0.0656. The molecule has 2 aliphatic rings. The fraction of sp³-hybridized carbons (Fsp3) is 0.632. The van der Waals surface area contributed by atoms with Gasteiger partial charge in [0.15, 0.2) is 0 Å². The predicted molar refractivity (Wildman–Crippen MR) is 99.5 cm³/mol. The molecule has 6 nitrogen and oxygen atoms in total. The molecule has 144 valence electrons. The lowest BCUT2D eigenvalue weighted by Crippen LogP contribution is -2.47. The summed E-state index contributed by atoms with van der Waals surface area (Å²) in [6.45, 7) is 4.52. The number of rotatable bonds is 4. The molecule has 2 fully saturated rings. The van der Waals surface area contributed by atoms with Crippen molar-refractivity contribution in [2.24, 2.45) is 5.92 Å². The van der Waals surface area contributed by atoms with E-state index in [1.165, 1.54) is 16.8 Å². The Hall–Kier alpha value is -1.44. The second kappa shape index (κ2) is 8.06. The van der Waals surface area contributed by atoms with Crippen LogP contribution in [0, 0.1) is 5.92 Å². The molecule has 1 aromatic rings. The van der Waals surface area contributed by atoms with Gasteiger partial charge >= 0.3 is 5.97 Å². The van der Waals surface area contributed by atoms with E-state index in [1.807, 2.05) is 7.05 Å². The summed E-state index contributed by atoms with van der Waals surface area (Å²) < 4.78 is 32.8. The fourth-order valence-corrected chi connectivity index (χ4v) is 5.13. The van der Waals surface area contributed by atoms with Crippen LogP contribution in [0.5, 0.6) is 0 Å². The highest BCUT2D eigenvalue weighted by atomic mass is 32.2. The molecular weight excluding hydrogens is 352 g/mol. The average molecular weight is 381 g/mol. The second-order valence-corrected chi connectivity index (χ2v) is 9.47. The van der Waals surface area contributed by atoms with Crippen LogP contribution < -0.4 is 0 Å². The molecule has 1 aromatic carbocycles. The van der Waals surface area contributed by atoms with Gasteiger partial charge < -0.3 is 9.64 Å². The summed E-state index contributed by atoms with van der Waals surface area (Å²) in [5.74, 6) is 0.130. The first-order chi connectivity index (χ1) is 12.4. The summed E-state index contributed by atoms with van der Waals surface area (Å²) in [5, 5.41) is 0. The van der Waals surface area contributed by atoms with E-state index in [4.69, 9.17) is 4.74 Å². The molecule has 1 aliphatic carbocycles. The van der Waals surface area contributed by atoms with Crippen LogP contribution in [-0.4, -0.2) is 62.9 Å². The number of benzene rings is 1. The van der Waals surface area contributed by atoms with E-state index in [0.717, 1.165) is 19.3 Å². The first-order valence-electron chi connectivity index (χ1n) is 9.36. The number of ether oxygens (including phenoxy) is 1. The third-order valence-electron chi connectivity index (χ3n) is 5.33. The highest BCUT2D eigenvalue weighted by Crippen LogP contribution is 2.27. The molecule has 1 saturated carbocycles. The summed E-state index contributed by atoms with van der Waals surface area (Å²) in [4.78, 5) is 14.7. The maximum atomic E-state index is 12.9. The van der Waals surface area contributed by atoms with Crippen LogP contribution in [0.25, 0.3) is 0 Å². The van der Waals surface area contributed by atoms with E-state index in [-0.39, 0.29) is 11.0 Å². The lowest BCUT2D eigenvalue weighted by Gasteiger charge is -2.31. The number of carbonyl (C=O) groups excluding carboxylic acids is 1. The quantitative estimate of drug-likeness (QED) is 0.750. The lowest BCUT2D eigenvalue weighted by atomic mass is 9.89. The minimum atomic E-state index is -3.58. The Bertz CT molecular complexity index is 742. The van der Waals surface area contributed by atoms with Crippen molar-refractivity contribution in [1.82, 2.24) is 9.21 Å². The Morgan fingerprint density at radius 1 is 1.15 bits per heavy atom. The molecule has 2 unspecified atom stereocenters. The molecule has 26 heavy (non-hydrogen) atoms. The molecule has 1 saturated heterocycles. The number of hydrogen-bond donors (Lipinski definition) is 0. The molecule has 1 heterocycles. The topological polar surface area (TPSA) is 66.9 Å². The standard InChI is InChI=1S/C19H28N2O4S/c1-15-5-3-7-17(13-15)25-19(22)16-6-4-8-18(14-16)26(23,24)21-11-9-20(2)10-12-21/h4,6,8,14-15,17H,3,5,7,9-13H2,1-2H3. The molecule has 2 atom stereocenters. The number of sulfonamides is 1. The van der Waals surface area contributed by atoms with Crippen molar-refractivity contribution in [3.63, 3.8) is 0 Å². The number of hydrogen-bond acceptors (Lipinski definition) is 5. The molecule has 7 heteroatoms. The highest BCUT2D eigenvalue weighted by molar-refractivity contribution is 7.89. The third-order valence-corrected chi connectivity index (χ3v) is 7.23. The summed E-state index contributed by atoms with van der Waals surface area (Å²) in [6, 6.07) is 6.23. The van der Waals surface area contributed by atoms with Crippen LogP contribution in [0.3, 0.4) is 0 Å². The summed E-state index contributed by atoms with van der Waals surface area (Å²) in [7, 11) is -1.61. The van der Waals surface area contributed by atoms with Gasteiger partial charge in [0.05, 0.1) is 10.5 Å². The molecule has 3 rings (SSSR count). The largest absolute Gasteiger partial charge is 0.459 e. The first-order valence-corrected chi connectivity index (χ1v) is 10.8. The Labute approximate surface area is 156 Å². The van der Waals surface area contributed by atoms with Crippen molar-refractivity contribution in [3.05, 3.63) is 29.8 Å². The molecule has 0 bridgehead atoms. The average Bonchev–Trinajstić information content (AvgIpc) is 2.62. The van der Waals surface area contributed by atoms with Crippen molar-refractivity contribution < 1.29 is 17.9 Å². The van der Waals surface area contributed by atoms with Gasteiger partial charge in [-0.25, -0.2) is 13.2 Å². The Morgan fingerprint density at radius 3 is 2.58 bits per heavy atom. The maximum Gasteiger partial charge on any atom is 0.338 e. The zero-order chi connectivity index (χ0) is 18.7. The van der Waals surface area contributed by atoms with Gasteiger partial charge in [0.25, 0.3) is 0 Å². The number of nitrogens with zero attached hydrogens (tertiary/aromatic N) is 2. The second-order valence-electron chi connectivity index (χ2n) is 7.53. The number of carbonyl (C=O) groups is 1. The fourth-order valence-electron chi connectivity index (χ4n) is 3.67. The summed E-state index contributed by atoms with van der Waals surface area (Å²) in [6.07, 6.45) is 3.94. The normalized spacial score (nSPS) is 25.8. The molecule has 0 radical (unpaired) electrons. The van der Waals surface area contributed by atoms with Crippen LogP contribution >= 0.6 is 0 Å². The van der Waals surface area contributed by atoms with Crippen molar-refractivity contribution >= 4 is 16.0 Å². The van der Waals surface area contributed by atoms with Gasteiger partial charge in [0, 0.05) is 26.2 Å². The van der Waals surface area contributed by atoms with Gasteiger partial charge in [-0.2, -0.15) is 4.31 Å². The Morgan fingerprint density at radius 2 is 1.88 bits per heavy atom. The van der Waals surface area contributed by atoms with Crippen LogP contribution in [0.1, 0.15) is 43.0 Å². The zero-order valence-corrected chi connectivity index (χ0v) is 16.4. The van der Waals surface area contributed by atoms with Crippen LogP contribution in [0.15, 0.2) is 29.2 Å². The van der Waals surface area contributed by atoms with E-state index < -0.39 is 16.0 Å². The van der Waals surface area contributed by atoms with Crippen LogP contribution in [0.4, 0.5) is 0 Å². The van der Waals surface area contributed by atoms with Crippen molar-refractivity contribution in [2.75, 3.05) is 33.2 Å². The number of piperazine rings is 1. The molecule has 0 N–H and O–H groups in total. The third kappa shape index (κ3) is 4.45. The van der Waals surface area contributed by atoms with Gasteiger partial charge in [0.1, 0.15) is 6.10 Å². The van der Waals surface area contributed by atoms with Gasteiger partial charge in [-0.15, -0.1) is 0 Å². The van der Waals surface area contributed by atoms with Gasteiger partial charge in [-0.1, -0.05) is 19.4 Å². The summed E-state index contributed by atoms with van der Waals surface area (Å²) in [5.41, 5.74) is 0.304. The van der Waals surface area contributed by atoms with Crippen molar-refractivity contribution in [3.8, 4) is 0 Å². The minimum Gasteiger partial charge on any atom is -0.459 e. The van der Waals surface area contributed by atoms with E-state index in [9.17, 15) is 13.2 Å². The van der Waals surface area contributed by atoms with E-state index >= 15 is 0 Å². The number of esters is 1. The van der Waals surface area contributed by atoms with Gasteiger partial charge in [-0.05, 0) is 50.4 Å². The molecule has 0 spiro atoms. The molecule has 0 aromatic heterocycles. The van der Waals surface area contributed by atoms with E-state index in [2.05, 4.69) is 11.8 Å². The van der Waals surface area contributed by atoms with Crippen molar-refractivity contribution in [2.45, 2.75) is 43.6 Å². The molecule has 1 aliphatic heterocycles. The smallest absolute Gasteiger partial charge is 0.338 e. The Kier molecular flexibility index (Phi) is 5.99. The highest BCUT2D eigenvalue weighted by Gasteiger charge is 2.28. The van der Waals surface area contributed by atoms with Crippen molar-refractivity contribution in [1.29, 1.82) is 0 Å². The Balaban J connectivity index is 1.72. The lowest BCUT2D eigenvalue weighted by molar-refractivity contribution is 0.0155. The predicted octanol–water partition coefficient (Wildman–Crippen LogP) is 2.36. The van der Waals surface area contributed by atoms with Gasteiger partial charge in [0.2, 0.25) is 10.0 Å². The molecule has 0 amide bonds.